The Labute approximate surface area is 153 Å². The number of hydrogen-bond donors (Lipinski definition) is 2. The van der Waals surface area contributed by atoms with Crippen molar-refractivity contribution in [2.75, 3.05) is 25.1 Å². The van der Waals surface area contributed by atoms with E-state index >= 15 is 0 Å². The Morgan fingerprint density at radius 2 is 1.63 bits per heavy atom. The van der Waals surface area contributed by atoms with E-state index in [2.05, 4.69) is 10.6 Å². The second kappa shape index (κ2) is 9.85. The van der Waals surface area contributed by atoms with Gasteiger partial charge in [-0.3, -0.25) is 9.59 Å². The maximum Gasteiger partial charge on any atom is 0.344 e. The largest absolute Gasteiger partial charge is 0.482 e. The van der Waals surface area contributed by atoms with Gasteiger partial charge in [0.1, 0.15) is 5.75 Å². The van der Waals surface area contributed by atoms with Crippen LogP contribution in [0.15, 0.2) is 48.5 Å². The summed E-state index contributed by atoms with van der Waals surface area (Å²) in [5.41, 5.74) is 0.0395. The molecule has 0 saturated carbocycles. The minimum atomic E-state index is -1.11. The second-order valence-electron chi connectivity index (χ2n) is 5.22. The molecule has 7 nitrogen and oxygen atoms in total. The maximum absolute atomic E-state index is 13.0. The Morgan fingerprint density at radius 3 is 2.33 bits per heavy atom. The van der Waals surface area contributed by atoms with E-state index in [0.29, 0.717) is 5.75 Å². The zero-order chi connectivity index (χ0) is 19.6. The van der Waals surface area contributed by atoms with Gasteiger partial charge in [-0.05, 0) is 24.3 Å². The van der Waals surface area contributed by atoms with E-state index in [0.717, 1.165) is 12.1 Å². The Bertz CT molecular complexity index is 815. The first-order valence-corrected chi connectivity index (χ1v) is 7.79. The zero-order valence-corrected chi connectivity index (χ0v) is 14.0. The van der Waals surface area contributed by atoms with Crippen molar-refractivity contribution in [1.82, 2.24) is 5.32 Å². The number of para-hydroxylation sites is 1. The van der Waals surface area contributed by atoms with Gasteiger partial charge in [-0.25, -0.2) is 13.6 Å². The first-order chi connectivity index (χ1) is 12.9. The van der Waals surface area contributed by atoms with Gasteiger partial charge in [0.2, 0.25) is 5.91 Å². The van der Waals surface area contributed by atoms with Crippen LogP contribution < -0.4 is 15.4 Å². The Hall–Kier alpha value is -3.49. The number of hydrogen-bond acceptors (Lipinski definition) is 5. The van der Waals surface area contributed by atoms with Crippen molar-refractivity contribution in [3.63, 3.8) is 0 Å². The number of halogens is 2. The normalized spacial score (nSPS) is 10.0. The SMILES string of the molecule is O=C(COC(=O)COc1ccccc1)NCC(=O)Nc1ccc(F)c(F)c1. The van der Waals surface area contributed by atoms with Gasteiger partial charge in [-0.2, -0.15) is 0 Å². The van der Waals surface area contributed by atoms with Crippen LogP contribution in [0.5, 0.6) is 5.75 Å². The van der Waals surface area contributed by atoms with E-state index in [4.69, 9.17) is 9.47 Å². The molecule has 2 rings (SSSR count). The standard InChI is InChI=1S/C18H16F2N2O5/c19-14-7-6-12(8-15(14)20)22-16(23)9-21-17(24)10-27-18(25)11-26-13-4-2-1-3-5-13/h1-8H,9-11H2,(H,21,24)(H,22,23). The van der Waals surface area contributed by atoms with Gasteiger partial charge < -0.3 is 20.1 Å². The summed E-state index contributed by atoms with van der Waals surface area (Å²) in [6, 6.07) is 11.4. The molecule has 0 bridgehead atoms. The lowest BCUT2D eigenvalue weighted by Gasteiger charge is -2.08. The highest BCUT2D eigenvalue weighted by Crippen LogP contribution is 2.12. The number of ether oxygens (including phenoxy) is 2. The highest BCUT2D eigenvalue weighted by Gasteiger charge is 2.11. The predicted molar refractivity (Wildman–Crippen MR) is 90.9 cm³/mol. The third-order valence-electron chi connectivity index (χ3n) is 3.11. The Kier molecular flexibility index (Phi) is 7.24. The highest BCUT2D eigenvalue weighted by molar-refractivity contribution is 5.94. The number of carbonyl (C=O) groups excluding carboxylic acids is 3. The molecule has 0 spiro atoms. The summed E-state index contributed by atoms with van der Waals surface area (Å²) in [6.07, 6.45) is 0. The predicted octanol–water partition coefficient (Wildman–Crippen LogP) is 1.64. The van der Waals surface area contributed by atoms with Crippen LogP contribution in [0.2, 0.25) is 0 Å². The number of amides is 2. The fraction of sp³-hybridized carbons (Fsp3) is 0.167. The van der Waals surface area contributed by atoms with Gasteiger partial charge in [0, 0.05) is 11.8 Å². The Morgan fingerprint density at radius 1 is 0.889 bits per heavy atom. The molecule has 27 heavy (non-hydrogen) atoms. The summed E-state index contributed by atoms with van der Waals surface area (Å²) in [4.78, 5) is 34.7. The second-order valence-corrected chi connectivity index (χ2v) is 5.22. The third kappa shape index (κ3) is 7.10. The molecule has 0 unspecified atom stereocenters. The number of anilines is 1. The average Bonchev–Trinajstić information content (AvgIpc) is 2.67. The lowest BCUT2D eigenvalue weighted by atomic mass is 10.3. The van der Waals surface area contributed by atoms with Gasteiger partial charge in [0.05, 0.1) is 6.54 Å². The van der Waals surface area contributed by atoms with Crippen LogP contribution in [-0.4, -0.2) is 37.5 Å². The summed E-state index contributed by atoms with van der Waals surface area (Å²) in [5.74, 6) is -3.79. The summed E-state index contributed by atoms with van der Waals surface area (Å²) >= 11 is 0. The van der Waals surface area contributed by atoms with E-state index < -0.39 is 42.6 Å². The van der Waals surface area contributed by atoms with Crippen LogP contribution in [-0.2, 0) is 19.1 Å². The number of nitrogens with one attached hydrogen (secondary N) is 2. The molecule has 0 aromatic heterocycles. The topological polar surface area (TPSA) is 93.7 Å². The molecule has 2 amide bonds. The van der Waals surface area contributed by atoms with Crippen LogP contribution >= 0.6 is 0 Å². The first-order valence-electron chi connectivity index (χ1n) is 7.79. The molecule has 0 radical (unpaired) electrons. The maximum atomic E-state index is 13.0. The van der Waals surface area contributed by atoms with E-state index in [1.165, 1.54) is 6.07 Å². The molecule has 0 atom stereocenters. The van der Waals surface area contributed by atoms with Crippen LogP contribution in [0.3, 0.4) is 0 Å². The van der Waals surface area contributed by atoms with E-state index in [1.54, 1.807) is 30.3 Å². The molecule has 2 N–H and O–H groups in total. The fourth-order valence-electron chi connectivity index (χ4n) is 1.86. The third-order valence-corrected chi connectivity index (χ3v) is 3.11. The lowest BCUT2D eigenvalue weighted by Crippen LogP contribution is -2.36. The molecule has 0 saturated heterocycles. The van der Waals surface area contributed by atoms with Gasteiger partial charge in [0.15, 0.2) is 24.8 Å². The fourth-order valence-corrected chi connectivity index (χ4v) is 1.86. The number of carbonyl (C=O) groups is 3. The zero-order valence-electron chi connectivity index (χ0n) is 14.0. The van der Waals surface area contributed by atoms with Gasteiger partial charge in [-0.15, -0.1) is 0 Å². The van der Waals surface area contributed by atoms with Crippen molar-refractivity contribution in [3.05, 3.63) is 60.2 Å². The van der Waals surface area contributed by atoms with Crippen molar-refractivity contribution in [2.24, 2.45) is 0 Å². The smallest absolute Gasteiger partial charge is 0.344 e. The van der Waals surface area contributed by atoms with Crippen LogP contribution in [0.4, 0.5) is 14.5 Å². The molecule has 142 valence electrons. The van der Waals surface area contributed by atoms with Crippen molar-refractivity contribution >= 4 is 23.5 Å². The summed E-state index contributed by atoms with van der Waals surface area (Å²) < 4.78 is 35.7. The van der Waals surface area contributed by atoms with Crippen molar-refractivity contribution in [2.45, 2.75) is 0 Å². The molecule has 0 aliphatic rings. The summed E-state index contributed by atoms with van der Waals surface area (Å²) in [5, 5.41) is 4.50. The van der Waals surface area contributed by atoms with Gasteiger partial charge >= 0.3 is 5.97 Å². The van der Waals surface area contributed by atoms with Crippen LogP contribution in [0.25, 0.3) is 0 Å². The molecule has 0 aliphatic heterocycles. The molecule has 0 fully saturated rings. The minimum absolute atomic E-state index is 0.0395. The average molecular weight is 378 g/mol. The summed E-state index contributed by atoms with van der Waals surface area (Å²) in [7, 11) is 0. The molecule has 9 heteroatoms. The lowest BCUT2D eigenvalue weighted by molar-refractivity contribution is -0.150. The van der Waals surface area contributed by atoms with E-state index in [1.807, 2.05) is 0 Å². The number of rotatable bonds is 8. The molecule has 0 heterocycles. The molecule has 2 aromatic rings. The highest BCUT2D eigenvalue weighted by atomic mass is 19.2. The van der Waals surface area contributed by atoms with Gasteiger partial charge in [0.25, 0.3) is 5.91 Å². The van der Waals surface area contributed by atoms with Crippen LogP contribution in [0.1, 0.15) is 0 Å². The first kappa shape index (κ1) is 19.8. The van der Waals surface area contributed by atoms with Gasteiger partial charge in [-0.1, -0.05) is 18.2 Å². The molecule has 0 aliphatic carbocycles. The van der Waals surface area contributed by atoms with E-state index in [-0.39, 0.29) is 12.3 Å². The van der Waals surface area contributed by atoms with Crippen molar-refractivity contribution in [3.8, 4) is 5.75 Å². The van der Waals surface area contributed by atoms with E-state index in [9.17, 15) is 23.2 Å². The summed E-state index contributed by atoms with van der Waals surface area (Å²) in [6.45, 7) is -1.39. The Balaban J connectivity index is 1.64. The quantitative estimate of drug-likeness (QED) is 0.681. The number of benzene rings is 2. The molecular weight excluding hydrogens is 362 g/mol. The van der Waals surface area contributed by atoms with Crippen molar-refractivity contribution < 1.29 is 32.6 Å². The molecular formula is C18H16F2N2O5. The molecule has 2 aromatic carbocycles. The number of esters is 1. The minimum Gasteiger partial charge on any atom is -0.482 e. The van der Waals surface area contributed by atoms with Crippen LogP contribution in [0, 0.1) is 11.6 Å². The monoisotopic (exact) mass is 378 g/mol. The van der Waals surface area contributed by atoms with Crippen molar-refractivity contribution in [1.29, 1.82) is 0 Å².